The Morgan fingerprint density at radius 3 is 2.61 bits per heavy atom. The number of nitrogens with one attached hydrogen (secondary N) is 1. The number of carbonyl (C=O) groups excluding carboxylic acids is 2. The van der Waals surface area contributed by atoms with Gasteiger partial charge in [-0.3, -0.25) is 9.59 Å². The van der Waals surface area contributed by atoms with Crippen LogP contribution in [-0.4, -0.2) is 104 Å². The van der Waals surface area contributed by atoms with E-state index in [4.69, 9.17) is 0 Å². The summed E-state index contributed by atoms with van der Waals surface area (Å²) >= 11 is 0. The fourth-order valence-corrected chi connectivity index (χ4v) is 5.26. The molecular formula is C26H39N9O3. The van der Waals surface area contributed by atoms with Crippen molar-refractivity contribution in [3.63, 3.8) is 0 Å². The molecule has 4 heterocycles. The van der Waals surface area contributed by atoms with Crippen LogP contribution in [0.3, 0.4) is 0 Å². The quantitative estimate of drug-likeness (QED) is 0.532. The van der Waals surface area contributed by atoms with E-state index >= 15 is 0 Å². The molecule has 2 amide bonds. The van der Waals surface area contributed by atoms with Gasteiger partial charge in [-0.2, -0.15) is 0 Å². The second-order valence-corrected chi connectivity index (χ2v) is 11.9. The van der Waals surface area contributed by atoms with Gasteiger partial charge in [-0.1, -0.05) is 26.0 Å². The summed E-state index contributed by atoms with van der Waals surface area (Å²) in [6.45, 7) is 9.85. The van der Waals surface area contributed by atoms with Gasteiger partial charge in [-0.15, -0.1) is 5.10 Å². The number of nitrogens with zero attached hydrogens (tertiary/aromatic N) is 8. The second-order valence-electron chi connectivity index (χ2n) is 11.9. The first-order valence-corrected chi connectivity index (χ1v) is 13.5. The number of amides is 2. The van der Waals surface area contributed by atoms with Crippen LogP contribution in [0.1, 0.15) is 63.4 Å². The number of likely N-dealkylation sites (N-methyl/N-ethyl adjacent to an activating group) is 1. The molecule has 2 saturated heterocycles. The summed E-state index contributed by atoms with van der Waals surface area (Å²) in [6.07, 6.45) is 5.18. The molecule has 206 valence electrons. The average Bonchev–Trinajstić information content (AvgIpc) is 3.49. The van der Waals surface area contributed by atoms with E-state index in [9.17, 15) is 14.7 Å². The standard InChI is InChI=1S/C26H39N9O3/c1-26(2,3)22(35-16-20(30-31-35)17-5-6-17)24(38)34-15-19(36)13-21(34)23(37)28-14-18-7-8-27-25(29-18)33-11-9-32(4)10-12-33/h7-8,16-17,19,21-22,36H,5-6,9-15H2,1-4H3,(H,28,37)/t19-,21+,22-/m1/s1. The Morgan fingerprint density at radius 2 is 1.92 bits per heavy atom. The van der Waals surface area contributed by atoms with E-state index < -0.39 is 23.6 Å². The van der Waals surface area contributed by atoms with Crippen molar-refractivity contribution in [2.75, 3.05) is 44.7 Å². The Hall–Kier alpha value is -3.12. The molecule has 3 aliphatic rings. The molecule has 0 spiro atoms. The van der Waals surface area contributed by atoms with Gasteiger partial charge >= 0.3 is 0 Å². The lowest BCUT2D eigenvalue weighted by atomic mass is 9.85. The molecule has 2 aliphatic heterocycles. The van der Waals surface area contributed by atoms with Gasteiger partial charge in [0.15, 0.2) is 0 Å². The summed E-state index contributed by atoms with van der Waals surface area (Å²) in [5, 5.41) is 22.0. The highest BCUT2D eigenvalue weighted by Gasteiger charge is 2.45. The number of rotatable bonds is 7. The van der Waals surface area contributed by atoms with E-state index in [0.29, 0.717) is 17.6 Å². The molecule has 0 radical (unpaired) electrons. The highest BCUT2D eigenvalue weighted by atomic mass is 16.3. The summed E-state index contributed by atoms with van der Waals surface area (Å²) < 4.78 is 1.64. The number of hydrogen-bond donors (Lipinski definition) is 2. The van der Waals surface area contributed by atoms with Crippen LogP contribution in [0.2, 0.25) is 0 Å². The molecule has 2 aromatic heterocycles. The van der Waals surface area contributed by atoms with Gasteiger partial charge < -0.3 is 25.1 Å². The molecule has 0 unspecified atom stereocenters. The van der Waals surface area contributed by atoms with Crippen molar-refractivity contribution in [2.24, 2.45) is 5.41 Å². The van der Waals surface area contributed by atoms with Crippen molar-refractivity contribution in [3.8, 4) is 0 Å². The van der Waals surface area contributed by atoms with E-state index in [1.165, 1.54) is 4.90 Å². The molecule has 2 aromatic rings. The first kappa shape index (κ1) is 26.5. The topological polar surface area (TPSA) is 133 Å². The van der Waals surface area contributed by atoms with Crippen molar-refractivity contribution in [2.45, 2.75) is 70.7 Å². The predicted octanol–water partition coefficient (Wildman–Crippen LogP) is 0.563. The molecule has 0 aromatic carbocycles. The van der Waals surface area contributed by atoms with Crippen LogP contribution in [-0.2, 0) is 16.1 Å². The Balaban J connectivity index is 1.27. The van der Waals surface area contributed by atoms with E-state index in [0.717, 1.165) is 44.7 Å². The van der Waals surface area contributed by atoms with E-state index in [1.54, 1.807) is 16.9 Å². The maximum absolute atomic E-state index is 13.9. The molecule has 12 nitrogen and oxygen atoms in total. The third-order valence-electron chi connectivity index (χ3n) is 7.64. The van der Waals surface area contributed by atoms with Crippen LogP contribution < -0.4 is 10.2 Å². The SMILES string of the molecule is CN1CCN(c2nccc(CNC(=O)[C@@H]3C[C@@H](O)CN3C(=O)[C@@H](n3cc(C4CC4)nn3)C(C)(C)C)n2)CC1. The Bertz CT molecular complexity index is 1150. The van der Waals surface area contributed by atoms with Gasteiger partial charge in [-0.05, 0) is 31.4 Å². The van der Waals surface area contributed by atoms with Crippen molar-refractivity contribution in [1.82, 2.24) is 40.1 Å². The monoisotopic (exact) mass is 525 g/mol. The van der Waals surface area contributed by atoms with Gasteiger partial charge in [0.05, 0.1) is 24.0 Å². The molecule has 1 saturated carbocycles. The van der Waals surface area contributed by atoms with E-state index in [1.807, 2.05) is 27.0 Å². The summed E-state index contributed by atoms with van der Waals surface area (Å²) in [5.41, 5.74) is 1.13. The molecule has 3 atom stereocenters. The molecule has 5 rings (SSSR count). The van der Waals surface area contributed by atoms with E-state index in [-0.39, 0.29) is 31.3 Å². The van der Waals surface area contributed by atoms with Crippen LogP contribution in [0.5, 0.6) is 0 Å². The first-order chi connectivity index (χ1) is 18.1. The number of aromatic nitrogens is 5. The zero-order valence-corrected chi connectivity index (χ0v) is 22.7. The van der Waals surface area contributed by atoms with Gasteiger partial charge in [0.2, 0.25) is 17.8 Å². The normalized spacial score (nSPS) is 23.5. The lowest BCUT2D eigenvalue weighted by molar-refractivity contribution is -0.144. The van der Waals surface area contributed by atoms with Crippen LogP contribution in [0.25, 0.3) is 0 Å². The lowest BCUT2D eigenvalue weighted by Gasteiger charge is -2.34. The van der Waals surface area contributed by atoms with Crippen molar-refractivity contribution >= 4 is 17.8 Å². The highest BCUT2D eigenvalue weighted by molar-refractivity contribution is 5.90. The molecule has 12 heteroatoms. The summed E-state index contributed by atoms with van der Waals surface area (Å²) in [5.74, 6) is 0.537. The molecule has 38 heavy (non-hydrogen) atoms. The second kappa shape index (κ2) is 10.6. The maximum Gasteiger partial charge on any atom is 0.248 e. The molecule has 1 aliphatic carbocycles. The summed E-state index contributed by atoms with van der Waals surface area (Å²) in [6, 6.07) is 0.369. The third kappa shape index (κ3) is 5.80. The Labute approximate surface area is 223 Å². The third-order valence-corrected chi connectivity index (χ3v) is 7.64. The number of piperazine rings is 1. The fraction of sp³-hybridized carbons (Fsp3) is 0.692. The summed E-state index contributed by atoms with van der Waals surface area (Å²) in [7, 11) is 2.10. The molecular weight excluding hydrogens is 486 g/mol. The minimum absolute atomic E-state index is 0.106. The van der Waals surface area contributed by atoms with Gasteiger partial charge in [0, 0.05) is 57.5 Å². The number of likely N-dealkylation sites (tertiary alicyclic amines) is 1. The van der Waals surface area contributed by atoms with Crippen LogP contribution >= 0.6 is 0 Å². The smallest absolute Gasteiger partial charge is 0.248 e. The number of aliphatic hydroxyl groups excluding tert-OH is 1. The van der Waals surface area contributed by atoms with Crippen molar-refractivity contribution < 1.29 is 14.7 Å². The summed E-state index contributed by atoms with van der Waals surface area (Å²) in [4.78, 5) is 42.2. The van der Waals surface area contributed by atoms with Crippen LogP contribution in [0, 0.1) is 5.41 Å². The van der Waals surface area contributed by atoms with Gasteiger partial charge in [0.1, 0.15) is 12.1 Å². The Kier molecular flexibility index (Phi) is 7.36. The zero-order valence-electron chi connectivity index (χ0n) is 22.7. The van der Waals surface area contributed by atoms with Crippen molar-refractivity contribution in [3.05, 3.63) is 29.8 Å². The lowest BCUT2D eigenvalue weighted by Crippen LogP contribution is -2.50. The van der Waals surface area contributed by atoms with Crippen molar-refractivity contribution in [1.29, 1.82) is 0 Å². The minimum Gasteiger partial charge on any atom is -0.391 e. The first-order valence-electron chi connectivity index (χ1n) is 13.5. The number of hydrogen-bond acceptors (Lipinski definition) is 9. The van der Waals surface area contributed by atoms with Gasteiger partial charge in [-0.25, -0.2) is 14.6 Å². The average molecular weight is 526 g/mol. The maximum atomic E-state index is 13.9. The molecule has 3 fully saturated rings. The number of anilines is 1. The molecule has 0 bridgehead atoms. The fourth-order valence-electron chi connectivity index (χ4n) is 5.26. The molecule has 2 N–H and O–H groups in total. The van der Waals surface area contributed by atoms with Crippen LogP contribution in [0.15, 0.2) is 18.5 Å². The predicted molar refractivity (Wildman–Crippen MR) is 140 cm³/mol. The Morgan fingerprint density at radius 1 is 1.18 bits per heavy atom. The van der Waals surface area contributed by atoms with Crippen LogP contribution in [0.4, 0.5) is 5.95 Å². The minimum atomic E-state index is -0.771. The number of aliphatic hydroxyl groups is 1. The number of β-amino-alcohol motifs (C(OH)–C–C–N with tert-alkyl or cyclic N) is 1. The largest absolute Gasteiger partial charge is 0.391 e. The number of carbonyl (C=O) groups is 2. The highest BCUT2D eigenvalue weighted by Crippen LogP contribution is 2.40. The van der Waals surface area contributed by atoms with E-state index in [2.05, 4.69) is 42.4 Å². The zero-order chi connectivity index (χ0) is 27.0. The van der Waals surface area contributed by atoms with Gasteiger partial charge in [0.25, 0.3) is 0 Å².